The van der Waals surface area contributed by atoms with Gasteiger partial charge in [0.25, 0.3) is 0 Å². The van der Waals surface area contributed by atoms with Crippen LogP contribution in [-0.2, 0) is 11.3 Å². The van der Waals surface area contributed by atoms with Gasteiger partial charge < -0.3 is 0 Å². The number of hydrogen-bond acceptors (Lipinski definition) is 4. The number of carbonyl (C=O) groups excluding carboxylic acids is 1. The normalized spacial score (nSPS) is 14.8. The maximum absolute atomic E-state index is 12.0. The summed E-state index contributed by atoms with van der Waals surface area (Å²) in [6, 6.07) is 18.9. The average Bonchev–Trinajstić information content (AvgIpc) is 2.70. The summed E-state index contributed by atoms with van der Waals surface area (Å²) in [5, 5.41) is 4.34. The molecule has 2 aromatic rings. The van der Waals surface area contributed by atoms with Gasteiger partial charge in [0.15, 0.2) is 0 Å². The van der Waals surface area contributed by atoms with E-state index >= 15 is 0 Å². The SMILES string of the molecule is Cc1ccc(SCCC(=O)NN=C2CCN(Cc3ccccc3)CC2)cc1. The van der Waals surface area contributed by atoms with Gasteiger partial charge in [-0.25, -0.2) is 5.43 Å². The quantitative estimate of drug-likeness (QED) is 0.576. The monoisotopic (exact) mass is 381 g/mol. The third kappa shape index (κ3) is 6.85. The van der Waals surface area contributed by atoms with E-state index in [0.717, 1.165) is 43.9 Å². The van der Waals surface area contributed by atoms with E-state index in [1.807, 2.05) is 6.07 Å². The summed E-state index contributed by atoms with van der Waals surface area (Å²) >= 11 is 1.70. The highest BCUT2D eigenvalue weighted by atomic mass is 32.2. The molecule has 142 valence electrons. The zero-order chi connectivity index (χ0) is 18.9. The molecule has 4 nitrogen and oxygen atoms in total. The fraction of sp³-hybridized carbons (Fsp3) is 0.364. The molecular weight excluding hydrogens is 354 g/mol. The van der Waals surface area contributed by atoms with E-state index < -0.39 is 0 Å². The second-order valence-electron chi connectivity index (χ2n) is 6.89. The molecule has 0 unspecified atom stereocenters. The van der Waals surface area contributed by atoms with Gasteiger partial charge in [0, 0.05) is 55.3 Å². The van der Waals surface area contributed by atoms with Crippen LogP contribution in [0.3, 0.4) is 0 Å². The second-order valence-corrected chi connectivity index (χ2v) is 8.05. The number of likely N-dealkylation sites (tertiary alicyclic amines) is 1. The first-order valence-electron chi connectivity index (χ1n) is 9.49. The van der Waals surface area contributed by atoms with Crippen LogP contribution >= 0.6 is 11.8 Å². The Morgan fingerprint density at radius 3 is 2.48 bits per heavy atom. The molecule has 0 atom stereocenters. The van der Waals surface area contributed by atoms with E-state index in [2.05, 4.69) is 70.9 Å². The van der Waals surface area contributed by atoms with Gasteiger partial charge in [-0.15, -0.1) is 11.8 Å². The molecule has 0 spiro atoms. The smallest absolute Gasteiger partial charge is 0.240 e. The number of nitrogens with zero attached hydrogens (tertiary/aromatic N) is 2. The fourth-order valence-corrected chi connectivity index (χ4v) is 3.87. The summed E-state index contributed by atoms with van der Waals surface area (Å²) in [6.45, 7) is 5.05. The van der Waals surface area contributed by atoms with Gasteiger partial charge in [0.2, 0.25) is 5.91 Å². The van der Waals surface area contributed by atoms with Crippen LogP contribution in [-0.4, -0.2) is 35.4 Å². The molecule has 0 radical (unpaired) electrons. The topological polar surface area (TPSA) is 44.7 Å². The number of thioether (sulfide) groups is 1. The van der Waals surface area contributed by atoms with Crippen LogP contribution < -0.4 is 5.43 Å². The molecule has 3 rings (SSSR count). The fourth-order valence-electron chi connectivity index (χ4n) is 3.02. The Bertz CT molecular complexity index is 749. The zero-order valence-corrected chi connectivity index (χ0v) is 16.7. The van der Waals surface area contributed by atoms with E-state index in [1.165, 1.54) is 16.0 Å². The largest absolute Gasteiger partial charge is 0.298 e. The standard InChI is InChI=1S/C22H27N3OS/c1-18-7-9-21(10-8-18)27-16-13-22(26)24-23-20-11-14-25(15-12-20)17-19-5-3-2-4-6-19/h2-10H,11-17H2,1H3,(H,24,26). The van der Waals surface area contributed by atoms with Crippen molar-refractivity contribution in [2.24, 2.45) is 5.10 Å². The number of benzene rings is 2. The van der Waals surface area contributed by atoms with Gasteiger partial charge >= 0.3 is 0 Å². The Hall–Kier alpha value is -2.11. The van der Waals surface area contributed by atoms with Gasteiger partial charge in [-0.05, 0) is 24.6 Å². The van der Waals surface area contributed by atoms with Crippen LogP contribution in [0.4, 0.5) is 0 Å². The Balaban J connectivity index is 1.33. The molecule has 1 fully saturated rings. The highest BCUT2D eigenvalue weighted by Gasteiger charge is 2.15. The molecule has 0 saturated carbocycles. The molecule has 1 saturated heterocycles. The number of amides is 1. The first-order chi connectivity index (χ1) is 13.2. The molecule has 5 heteroatoms. The van der Waals surface area contributed by atoms with Crippen molar-refractivity contribution >= 4 is 23.4 Å². The number of nitrogens with one attached hydrogen (secondary N) is 1. The van der Waals surface area contributed by atoms with Gasteiger partial charge in [-0.3, -0.25) is 9.69 Å². The Morgan fingerprint density at radius 1 is 1.07 bits per heavy atom. The van der Waals surface area contributed by atoms with Crippen LogP contribution in [0.25, 0.3) is 0 Å². The summed E-state index contributed by atoms with van der Waals surface area (Å²) in [7, 11) is 0. The molecule has 1 aliphatic rings. The van der Waals surface area contributed by atoms with E-state index in [-0.39, 0.29) is 5.91 Å². The summed E-state index contributed by atoms with van der Waals surface area (Å²) < 4.78 is 0. The lowest BCUT2D eigenvalue weighted by Gasteiger charge is -2.27. The van der Waals surface area contributed by atoms with Crippen LogP contribution in [0.15, 0.2) is 64.6 Å². The Kier molecular flexibility index (Phi) is 7.48. The van der Waals surface area contributed by atoms with Gasteiger partial charge in [0.05, 0.1) is 0 Å². The van der Waals surface area contributed by atoms with E-state index in [1.54, 1.807) is 11.8 Å². The molecule has 0 bridgehead atoms. The Morgan fingerprint density at radius 2 is 1.78 bits per heavy atom. The van der Waals surface area contributed by atoms with Crippen molar-refractivity contribution in [3.63, 3.8) is 0 Å². The van der Waals surface area contributed by atoms with Crippen LogP contribution in [0.1, 0.15) is 30.4 Å². The molecule has 1 amide bonds. The average molecular weight is 382 g/mol. The van der Waals surface area contributed by atoms with Gasteiger partial charge in [-0.2, -0.15) is 5.10 Å². The maximum Gasteiger partial charge on any atom is 0.240 e. The van der Waals surface area contributed by atoms with Crippen LogP contribution in [0, 0.1) is 6.92 Å². The highest BCUT2D eigenvalue weighted by molar-refractivity contribution is 7.99. The van der Waals surface area contributed by atoms with Crippen molar-refractivity contribution in [3.05, 3.63) is 65.7 Å². The number of hydrazone groups is 1. The summed E-state index contributed by atoms with van der Waals surface area (Å²) in [6.07, 6.45) is 2.33. The van der Waals surface area contributed by atoms with Crippen molar-refractivity contribution in [2.45, 2.75) is 37.6 Å². The van der Waals surface area contributed by atoms with E-state index in [4.69, 9.17) is 0 Å². The minimum atomic E-state index is -0.00572. The molecule has 0 aliphatic carbocycles. The van der Waals surface area contributed by atoms with Crippen LogP contribution in [0.5, 0.6) is 0 Å². The lowest BCUT2D eigenvalue weighted by Crippen LogP contribution is -2.34. The minimum Gasteiger partial charge on any atom is -0.298 e. The van der Waals surface area contributed by atoms with E-state index in [0.29, 0.717) is 6.42 Å². The van der Waals surface area contributed by atoms with Gasteiger partial charge in [-0.1, -0.05) is 48.0 Å². The van der Waals surface area contributed by atoms with Crippen molar-refractivity contribution in [1.82, 2.24) is 10.3 Å². The molecule has 0 aromatic heterocycles. The number of rotatable bonds is 7. The van der Waals surface area contributed by atoms with Crippen molar-refractivity contribution in [2.75, 3.05) is 18.8 Å². The molecule has 1 aliphatic heterocycles. The lowest BCUT2D eigenvalue weighted by molar-refractivity contribution is -0.120. The summed E-state index contributed by atoms with van der Waals surface area (Å²) in [5.74, 6) is 0.763. The zero-order valence-electron chi connectivity index (χ0n) is 15.9. The number of hydrogen-bond donors (Lipinski definition) is 1. The van der Waals surface area contributed by atoms with Crippen molar-refractivity contribution < 1.29 is 4.79 Å². The van der Waals surface area contributed by atoms with Crippen molar-refractivity contribution in [1.29, 1.82) is 0 Å². The number of piperidine rings is 1. The number of aryl methyl sites for hydroxylation is 1. The second kappa shape index (κ2) is 10.3. The maximum atomic E-state index is 12.0. The third-order valence-corrected chi connectivity index (χ3v) is 5.65. The third-order valence-electron chi connectivity index (χ3n) is 4.64. The molecule has 1 heterocycles. The van der Waals surface area contributed by atoms with Crippen molar-refractivity contribution in [3.8, 4) is 0 Å². The summed E-state index contributed by atoms with van der Waals surface area (Å²) in [4.78, 5) is 15.6. The lowest BCUT2D eigenvalue weighted by atomic mass is 10.1. The Labute approximate surface area is 166 Å². The number of carbonyl (C=O) groups is 1. The highest BCUT2D eigenvalue weighted by Crippen LogP contribution is 2.19. The molecule has 1 N–H and O–H groups in total. The van der Waals surface area contributed by atoms with E-state index in [9.17, 15) is 4.79 Å². The predicted molar refractivity (Wildman–Crippen MR) is 113 cm³/mol. The first-order valence-corrected chi connectivity index (χ1v) is 10.5. The predicted octanol–water partition coefficient (Wildman–Crippen LogP) is 4.25. The molecule has 27 heavy (non-hydrogen) atoms. The van der Waals surface area contributed by atoms with Crippen LogP contribution in [0.2, 0.25) is 0 Å². The summed E-state index contributed by atoms with van der Waals surface area (Å²) in [5.41, 5.74) is 6.42. The first kappa shape index (κ1) is 19.6. The molecular formula is C22H27N3OS. The molecule has 2 aromatic carbocycles. The minimum absolute atomic E-state index is 0.00572. The van der Waals surface area contributed by atoms with Gasteiger partial charge in [0.1, 0.15) is 0 Å².